The maximum absolute atomic E-state index is 13.6. The number of amides is 2. The highest BCUT2D eigenvalue weighted by molar-refractivity contribution is 6.18. The fourth-order valence-electron chi connectivity index (χ4n) is 3.41. The molecule has 148 valence electrons. The van der Waals surface area contributed by atoms with Gasteiger partial charge in [0.15, 0.2) is 0 Å². The number of nitrogens with two attached hydrogens (primary N) is 1. The van der Waals surface area contributed by atoms with Gasteiger partial charge in [-0.3, -0.25) is 9.68 Å². The molecule has 0 bridgehead atoms. The molecule has 0 aliphatic carbocycles. The van der Waals surface area contributed by atoms with Crippen LogP contribution in [0.5, 0.6) is 0 Å². The van der Waals surface area contributed by atoms with Crippen molar-refractivity contribution in [1.29, 1.82) is 0 Å². The molecule has 27 heavy (non-hydrogen) atoms. The number of oxime groups is 1. The van der Waals surface area contributed by atoms with E-state index in [1.54, 1.807) is 26.0 Å². The van der Waals surface area contributed by atoms with Crippen LogP contribution in [0.4, 0.5) is 10.5 Å². The molecule has 1 aromatic rings. The van der Waals surface area contributed by atoms with E-state index in [4.69, 9.17) is 15.5 Å². The monoisotopic (exact) mass is 378 g/mol. The molecule has 1 aromatic carbocycles. The predicted molar refractivity (Wildman–Crippen MR) is 99.6 cm³/mol. The molecule has 9 nitrogen and oxygen atoms in total. The van der Waals surface area contributed by atoms with Gasteiger partial charge in [-0.1, -0.05) is 23.4 Å². The first-order valence-electron chi connectivity index (χ1n) is 8.49. The summed E-state index contributed by atoms with van der Waals surface area (Å²) in [6.45, 7) is 9.23. The van der Waals surface area contributed by atoms with Crippen LogP contribution in [0.15, 0.2) is 35.5 Å². The summed E-state index contributed by atoms with van der Waals surface area (Å²) >= 11 is 0. The van der Waals surface area contributed by atoms with Gasteiger partial charge in [0.05, 0.1) is 11.7 Å². The number of rotatable bonds is 5. The van der Waals surface area contributed by atoms with Crippen LogP contribution in [-0.2, 0) is 19.4 Å². The van der Waals surface area contributed by atoms with Crippen LogP contribution in [0.2, 0.25) is 0 Å². The van der Waals surface area contributed by atoms with E-state index in [2.05, 4.69) is 10.0 Å². The highest BCUT2D eigenvalue weighted by atomic mass is 17.2. The van der Waals surface area contributed by atoms with Gasteiger partial charge in [-0.15, -0.1) is 0 Å². The Kier molecular flexibility index (Phi) is 5.76. The van der Waals surface area contributed by atoms with Crippen LogP contribution in [0.1, 0.15) is 34.6 Å². The van der Waals surface area contributed by atoms with E-state index in [-0.39, 0.29) is 5.71 Å². The van der Waals surface area contributed by atoms with Gasteiger partial charge in [-0.25, -0.2) is 14.8 Å². The standard InChI is InChI=1S/C18H26N4O5/c1-12(20-25-6)18(27-26-16(19)24)13(2)22(17(3,4)5)21(15(18)23)14-10-8-7-9-11-14/h7-11,13H,1-6H3,(H2,19,24). The molecule has 0 aromatic heterocycles. The predicted octanol–water partition coefficient (Wildman–Crippen LogP) is 2.23. The average Bonchev–Trinajstić information content (AvgIpc) is 2.82. The molecule has 1 fully saturated rings. The summed E-state index contributed by atoms with van der Waals surface area (Å²) in [5.41, 5.74) is 3.69. The maximum Gasteiger partial charge on any atom is 0.436 e. The lowest BCUT2D eigenvalue weighted by Gasteiger charge is -2.41. The summed E-state index contributed by atoms with van der Waals surface area (Å²) in [6, 6.07) is 8.51. The van der Waals surface area contributed by atoms with Gasteiger partial charge < -0.3 is 10.6 Å². The van der Waals surface area contributed by atoms with Gasteiger partial charge in [0, 0.05) is 5.54 Å². The first-order chi connectivity index (χ1) is 12.6. The Labute approximate surface area is 158 Å². The normalized spacial score (nSPS) is 24.2. The number of hydrazine groups is 1. The van der Waals surface area contributed by atoms with Crippen LogP contribution in [0.3, 0.4) is 0 Å². The highest BCUT2D eigenvalue weighted by Gasteiger charge is 2.64. The minimum absolute atomic E-state index is 0.191. The first kappa shape index (κ1) is 20.7. The number of anilines is 1. The van der Waals surface area contributed by atoms with Gasteiger partial charge in [0.1, 0.15) is 12.8 Å². The zero-order chi connectivity index (χ0) is 20.4. The molecular formula is C18H26N4O5. The molecule has 1 aliphatic rings. The van der Waals surface area contributed by atoms with Crippen molar-refractivity contribution < 1.29 is 24.2 Å². The van der Waals surface area contributed by atoms with Crippen molar-refractivity contribution in [2.45, 2.75) is 51.8 Å². The quantitative estimate of drug-likeness (QED) is 0.478. The topological polar surface area (TPSA) is 107 Å². The van der Waals surface area contributed by atoms with Gasteiger partial charge in [0.2, 0.25) is 0 Å². The Morgan fingerprint density at radius 3 is 2.33 bits per heavy atom. The number of carbonyl (C=O) groups is 2. The average molecular weight is 378 g/mol. The van der Waals surface area contributed by atoms with Crippen molar-refractivity contribution in [3.63, 3.8) is 0 Å². The smallest absolute Gasteiger partial charge is 0.399 e. The number of hydrogen-bond acceptors (Lipinski definition) is 7. The Morgan fingerprint density at radius 1 is 1.26 bits per heavy atom. The van der Waals surface area contributed by atoms with E-state index in [1.165, 1.54) is 12.1 Å². The number of hydrogen-bond donors (Lipinski definition) is 1. The number of carbonyl (C=O) groups excluding carboxylic acids is 2. The molecular weight excluding hydrogens is 352 g/mol. The number of primary amides is 1. The van der Waals surface area contributed by atoms with E-state index in [1.807, 2.05) is 44.0 Å². The van der Waals surface area contributed by atoms with Crippen molar-refractivity contribution in [2.24, 2.45) is 10.9 Å². The van der Waals surface area contributed by atoms with Crippen LogP contribution >= 0.6 is 0 Å². The molecule has 1 saturated heterocycles. The van der Waals surface area contributed by atoms with E-state index >= 15 is 0 Å². The molecule has 1 heterocycles. The molecule has 0 spiro atoms. The summed E-state index contributed by atoms with van der Waals surface area (Å²) in [4.78, 5) is 39.6. The van der Waals surface area contributed by atoms with Crippen LogP contribution in [-0.4, -0.2) is 47.0 Å². The summed E-state index contributed by atoms with van der Waals surface area (Å²) in [5, 5.41) is 7.24. The second kappa shape index (κ2) is 7.53. The molecule has 1 aliphatic heterocycles. The third-order valence-corrected chi connectivity index (χ3v) is 4.39. The molecule has 0 radical (unpaired) electrons. The number of nitrogens with zero attached hydrogens (tertiary/aromatic N) is 3. The summed E-state index contributed by atoms with van der Waals surface area (Å²) < 4.78 is 0. The second-order valence-corrected chi connectivity index (χ2v) is 7.22. The molecule has 9 heteroatoms. The lowest BCUT2D eigenvalue weighted by molar-refractivity contribution is -0.288. The highest BCUT2D eigenvalue weighted by Crippen LogP contribution is 2.41. The molecule has 2 atom stereocenters. The molecule has 2 rings (SSSR count). The second-order valence-electron chi connectivity index (χ2n) is 7.22. The number of benzene rings is 1. The minimum atomic E-state index is -1.73. The summed E-state index contributed by atoms with van der Waals surface area (Å²) in [5.74, 6) is -0.476. The van der Waals surface area contributed by atoms with Crippen molar-refractivity contribution in [3.8, 4) is 0 Å². The Hall–Kier alpha value is -2.65. The van der Waals surface area contributed by atoms with E-state index in [0.717, 1.165) is 0 Å². The van der Waals surface area contributed by atoms with Crippen molar-refractivity contribution in [3.05, 3.63) is 30.3 Å². The van der Waals surface area contributed by atoms with Gasteiger partial charge in [-0.05, 0) is 46.8 Å². The third-order valence-electron chi connectivity index (χ3n) is 4.39. The van der Waals surface area contributed by atoms with Crippen LogP contribution in [0, 0.1) is 0 Å². The van der Waals surface area contributed by atoms with Crippen molar-refractivity contribution in [2.75, 3.05) is 12.1 Å². The van der Waals surface area contributed by atoms with E-state index < -0.39 is 29.2 Å². The lowest BCUT2D eigenvalue weighted by atomic mass is 9.89. The SMILES string of the molecule is CON=C(C)C1(OOC(N)=O)C(=O)N(c2ccccc2)N(C(C)(C)C)C1C. The largest absolute Gasteiger partial charge is 0.436 e. The van der Waals surface area contributed by atoms with Crippen molar-refractivity contribution in [1.82, 2.24) is 5.01 Å². The van der Waals surface area contributed by atoms with Crippen LogP contribution < -0.4 is 10.7 Å². The fourth-order valence-corrected chi connectivity index (χ4v) is 3.41. The molecule has 2 unspecified atom stereocenters. The molecule has 2 N–H and O–H groups in total. The Bertz CT molecular complexity index is 731. The van der Waals surface area contributed by atoms with Crippen molar-refractivity contribution >= 4 is 23.4 Å². The van der Waals surface area contributed by atoms with Gasteiger partial charge in [-0.2, -0.15) is 4.89 Å². The fraction of sp³-hybridized carbons (Fsp3) is 0.500. The minimum Gasteiger partial charge on any atom is -0.399 e. The lowest BCUT2D eigenvalue weighted by Crippen LogP contribution is -2.57. The zero-order valence-corrected chi connectivity index (χ0v) is 16.4. The van der Waals surface area contributed by atoms with Gasteiger partial charge >= 0.3 is 6.09 Å². The maximum atomic E-state index is 13.6. The van der Waals surface area contributed by atoms with E-state index in [0.29, 0.717) is 5.69 Å². The molecule has 0 saturated carbocycles. The van der Waals surface area contributed by atoms with Gasteiger partial charge in [0.25, 0.3) is 11.5 Å². The summed E-state index contributed by atoms with van der Waals surface area (Å²) in [6.07, 6.45) is -1.17. The molecule has 2 amide bonds. The zero-order valence-electron chi connectivity index (χ0n) is 16.4. The van der Waals surface area contributed by atoms with Crippen LogP contribution in [0.25, 0.3) is 0 Å². The Morgan fingerprint density at radius 2 is 1.85 bits per heavy atom. The first-order valence-corrected chi connectivity index (χ1v) is 8.49. The Balaban J connectivity index is 2.68. The summed E-state index contributed by atoms with van der Waals surface area (Å²) in [7, 11) is 1.35. The third kappa shape index (κ3) is 3.60. The number of para-hydroxylation sites is 1. The van der Waals surface area contributed by atoms with E-state index in [9.17, 15) is 9.59 Å².